The van der Waals surface area contributed by atoms with E-state index in [0.29, 0.717) is 0 Å². The summed E-state index contributed by atoms with van der Waals surface area (Å²) in [6.45, 7) is 1.63. The third-order valence-corrected chi connectivity index (χ3v) is 10.3. The zero-order valence-electron chi connectivity index (χ0n) is 25.7. The number of amides is 2. The van der Waals surface area contributed by atoms with Crippen LogP contribution in [0, 0.1) is 17.8 Å². The van der Waals surface area contributed by atoms with Gasteiger partial charge in [0, 0.05) is 36.3 Å². The van der Waals surface area contributed by atoms with Crippen LogP contribution in [0.1, 0.15) is 79.6 Å². The number of benzene rings is 3. The van der Waals surface area contributed by atoms with Crippen LogP contribution in [0.3, 0.4) is 0 Å². The third-order valence-electron chi connectivity index (χ3n) is 10.3. The average Bonchev–Trinajstić information content (AvgIpc) is 3.01. The van der Waals surface area contributed by atoms with Gasteiger partial charge in [-0.2, -0.15) is 0 Å². The molecule has 7 nitrogen and oxygen atoms in total. The van der Waals surface area contributed by atoms with Crippen molar-refractivity contribution in [2.24, 2.45) is 17.8 Å². The van der Waals surface area contributed by atoms with Crippen LogP contribution in [0.2, 0.25) is 0 Å². The molecular formula is C37H45N3O4. The minimum atomic E-state index is -0.531. The minimum absolute atomic E-state index is 0.0182. The Hall–Kier alpha value is -3.23. The Morgan fingerprint density at radius 3 is 2.09 bits per heavy atom. The van der Waals surface area contributed by atoms with Crippen LogP contribution >= 0.6 is 0 Å². The number of aliphatic hydroxyl groups excluding tert-OH is 1. The first-order valence-corrected chi connectivity index (χ1v) is 16.3. The number of ether oxygens (including phenoxy) is 2. The van der Waals surface area contributed by atoms with E-state index in [1.54, 1.807) is 0 Å². The Morgan fingerprint density at radius 1 is 0.818 bits per heavy atom. The highest BCUT2D eigenvalue weighted by Gasteiger charge is 2.51. The summed E-state index contributed by atoms with van der Waals surface area (Å²) >= 11 is 0. The fraction of sp³-hybridized carbons (Fsp3) is 0.486. The summed E-state index contributed by atoms with van der Waals surface area (Å²) in [5.41, 5.74) is 4.89. The van der Waals surface area contributed by atoms with E-state index >= 15 is 0 Å². The molecule has 1 heterocycles. The molecule has 5 fully saturated rings. The largest absolute Gasteiger partial charge is 0.392 e. The van der Waals surface area contributed by atoms with Crippen molar-refractivity contribution in [2.45, 2.75) is 82.1 Å². The van der Waals surface area contributed by atoms with Gasteiger partial charge in [0.15, 0.2) is 6.29 Å². The smallest absolute Gasteiger partial charge is 0.319 e. The Labute approximate surface area is 260 Å². The molecule has 0 spiro atoms. The number of aliphatic hydroxyl groups is 1. The summed E-state index contributed by atoms with van der Waals surface area (Å²) in [5.74, 6) is 2.36. The number of hydrogen-bond acceptors (Lipinski definition) is 5. The number of carbonyl (C=O) groups excluding carboxylic acids is 1. The van der Waals surface area contributed by atoms with Gasteiger partial charge in [-0.15, -0.1) is 0 Å². The van der Waals surface area contributed by atoms with Crippen LogP contribution in [0.5, 0.6) is 0 Å². The fourth-order valence-electron chi connectivity index (χ4n) is 8.73. The van der Waals surface area contributed by atoms with Crippen LogP contribution < -0.4 is 10.6 Å². The summed E-state index contributed by atoms with van der Waals surface area (Å²) in [7, 11) is 2.13. The predicted molar refractivity (Wildman–Crippen MR) is 171 cm³/mol. The molecule has 4 saturated carbocycles. The van der Waals surface area contributed by atoms with E-state index in [-0.39, 0.29) is 30.4 Å². The number of rotatable bonds is 9. The Bertz CT molecular complexity index is 1380. The van der Waals surface area contributed by atoms with Gasteiger partial charge >= 0.3 is 6.03 Å². The number of urea groups is 1. The standard InChI is InChI=1S/C37H45N3O4/c1-40(22-25-5-3-2-4-6-25)23-33-18-34(30-9-7-26(24-41)8-10-30)44-35(43-33)31-11-13-32(14-12-31)38-36(42)39-37-19-27-15-28(20-37)17-29(16-27)21-37/h2-14,27-29,33-35,41H,15-24H2,1H3,(H2,38,39,42). The Kier molecular flexibility index (Phi) is 8.47. The van der Waals surface area contributed by atoms with Gasteiger partial charge < -0.3 is 25.2 Å². The van der Waals surface area contributed by atoms with E-state index in [1.165, 1.54) is 24.8 Å². The zero-order chi connectivity index (χ0) is 30.1. The van der Waals surface area contributed by atoms with Gasteiger partial charge in [0.25, 0.3) is 0 Å². The Balaban J connectivity index is 1.02. The molecule has 5 aliphatic rings. The highest BCUT2D eigenvalue weighted by atomic mass is 16.7. The second-order valence-electron chi connectivity index (χ2n) is 13.9. The lowest BCUT2D eigenvalue weighted by molar-refractivity contribution is -0.252. The molecular weight excluding hydrogens is 550 g/mol. The molecule has 7 heteroatoms. The van der Waals surface area contributed by atoms with Gasteiger partial charge in [0.1, 0.15) is 0 Å². The summed E-state index contributed by atoms with van der Waals surface area (Å²) in [4.78, 5) is 15.4. The fourth-order valence-corrected chi connectivity index (χ4v) is 8.73. The average molecular weight is 596 g/mol. The highest BCUT2D eigenvalue weighted by molar-refractivity contribution is 5.89. The van der Waals surface area contributed by atoms with Gasteiger partial charge in [-0.3, -0.25) is 4.90 Å². The molecule has 1 aliphatic heterocycles. The lowest BCUT2D eigenvalue weighted by Crippen LogP contribution is -2.60. The predicted octanol–water partition coefficient (Wildman–Crippen LogP) is 6.95. The van der Waals surface area contributed by atoms with Gasteiger partial charge in [-0.25, -0.2) is 4.79 Å². The van der Waals surface area contributed by atoms with Crippen molar-refractivity contribution in [3.8, 4) is 0 Å². The lowest BCUT2D eigenvalue weighted by Gasteiger charge is -2.56. The van der Waals surface area contributed by atoms with Crippen molar-refractivity contribution in [3.63, 3.8) is 0 Å². The number of hydrogen-bond donors (Lipinski definition) is 3. The summed E-state index contributed by atoms with van der Waals surface area (Å²) in [5, 5.41) is 16.0. The number of nitrogens with zero attached hydrogens (tertiary/aromatic N) is 1. The van der Waals surface area contributed by atoms with E-state index in [1.807, 2.05) is 54.6 Å². The monoisotopic (exact) mass is 595 g/mol. The lowest BCUT2D eigenvalue weighted by atomic mass is 9.53. The van der Waals surface area contributed by atoms with Crippen molar-refractivity contribution >= 4 is 11.7 Å². The highest BCUT2D eigenvalue weighted by Crippen LogP contribution is 2.55. The van der Waals surface area contributed by atoms with Crippen LogP contribution in [0.15, 0.2) is 78.9 Å². The maximum atomic E-state index is 13.1. The van der Waals surface area contributed by atoms with E-state index in [2.05, 4.69) is 46.8 Å². The molecule has 8 rings (SSSR count). The molecule has 2 amide bonds. The van der Waals surface area contributed by atoms with Crippen molar-refractivity contribution in [1.82, 2.24) is 10.2 Å². The maximum absolute atomic E-state index is 13.1. The van der Waals surface area contributed by atoms with E-state index in [4.69, 9.17) is 9.47 Å². The normalized spacial score (nSPS) is 30.8. The maximum Gasteiger partial charge on any atom is 0.319 e. The number of likely N-dealkylation sites (N-methyl/N-ethyl adjacent to an activating group) is 1. The van der Waals surface area contributed by atoms with Crippen molar-refractivity contribution in [3.05, 3.63) is 101 Å². The molecule has 3 N–H and O–H groups in total. The molecule has 4 aliphatic carbocycles. The molecule has 3 aromatic rings. The van der Waals surface area contributed by atoms with Crippen LogP contribution in [0.25, 0.3) is 0 Å². The molecule has 232 valence electrons. The molecule has 3 aromatic carbocycles. The molecule has 1 saturated heterocycles. The molecule has 3 unspecified atom stereocenters. The first-order chi connectivity index (χ1) is 21.4. The van der Waals surface area contributed by atoms with Crippen LogP contribution in [-0.2, 0) is 22.6 Å². The molecule has 44 heavy (non-hydrogen) atoms. The van der Waals surface area contributed by atoms with Crippen molar-refractivity contribution < 1.29 is 19.4 Å². The first-order valence-electron chi connectivity index (χ1n) is 16.3. The van der Waals surface area contributed by atoms with Gasteiger partial charge in [0.2, 0.25) is 0 Å². The summed E-state index contributed by atoms with van der Waals surface area (Å²) in [6, 6.07) is 26.2. The van der Waals surface area contributed by atoms with Gasteiger partial charge in [-0.1, -0.05) is 66.7 Å². The van der Waals surface area contributed by atoms with Crippen molar-refractivity contribution in [2.75, 3.05) is 18.9 Å². The van der Waals surface area contributed by atoms with Crippen molar-refractivity contribution in [1.29, 1.82) is 0 Å². The van der Waals surface area contributed by atoms with Crippen LogP contribution in [0.4, 0.5) is 10.5 Å². The summed E-state index contributed by atoms with van der Waals surface area (Å²) in [6.07, 6.45) is 7.49. The zero-order valence-corrected chi connectivity index (χ0v) is 25.7. The van der Waals surface area contributed by atoms with Crippen LogP contribution in [-0.4, -0.2) is 41.3 Å². The third kappa shape index (κ3) is 6.71. The number of carbonyl (C=O) groups is 1. The number of nitrogens with one attached hydrogen (secondary N) is 2. The summed E-state index contributed by atoms with van der Waals surface area (Å²) < 4.78 is 13.1. The molecule has 0 aromatic heterocycles. The molecule has 4 bridgehead atoms. The SMILES string of the molecule is CN(Cc1ccccc1)CC1CC(c2ccc(CO)cc2)OC(c2ccc(NC(=O)NC34CC5CC(CC(C5)C3)C4)cc2)O1. The first kappa shape index (κ1) is 29.5. The topological polar surface area (TPSA) is 83.1 Å². The van der Waals surface area contributed by atoms with E-state index in [9.17, 15) is 9.90 Å². The molecule has 0 radical (unpaired) electrons. The minimum Gasteiger partial charge on any atom is -0.392 e. The Morgan fingerprint density at radius 2 is 1.45 bits per heavy atom. The van der Waals surface area contributed by atoms with E-state index in [0.717, 1.165) is 78.9 Å². The number of anilines is 1. The van der Waals surface area contributed by atoms with Gasteiger partial charge in [0.05, 0.1) is 18.8 Å². The van der Waals surface area contributed by atoms with Gasteiger partial charge in [-0.05, 0) is 92.1 Å². The quantitative estimate of drug-likeness (QED) is 0.250. The molecule has 3 atom stereocenters. The second-order valence-corrected chi connectivity index (χ2v) is 13.9. The van der Waals surface area contributed by atoms with E-state index < -0.39 is 6.29 Å². The second kappa shape index (κ2) is 12.6.